The van der Waals surface area contributed by atoms with Gasteiger partial charge in [0.15, 0.2) is 11.5 Å². The summed E-state index contributed by atoms with van der Waals surface area (Å²) in [6, 6.07) is 6.65. The molecule has 1 saturated carbocycles. The summed E-state index contributed by atoms with van der Waals surface area (Å²) in [4.78, 5) is 0. The SMILES string of the molecule is CCOc1cccc(CNC(C)C2CC2)c1OC. The molecule has 0 radical (unpaired) electrons. The van der Waals surface area contributed by atoms with Crippen LogP contribution in [0.3, 0.4) is 0 Å². The summed E-state index contributed by atoms with van der Waals surface area (Å²) in [7, 11) is 1.70. The van der Waals surface area contributed by atoms with Crippen LogP contribution in [-0.2, 0) is 6.54 Å². The number of hydrogen-bond donors (Lipinski definition) is 1. The van der Waals surface area contributed by atoms with E-state index in [9.17, 15) is 0 Å². The summed E-state index contributed by atoms with van der Waals surface area (Å²) in [5.41, 5.74) is 1.16. The summed E-state index contributed by atoms with van der Waals surface area (Å²) in [5.74, 6) is 2.55. The van der Waals surface area contributed by atoms with E-state index >= 15 is 0 Å². The number of ether oxygens (including phenoxy) is 2. The third-order valence-electron chi connectivity index (χ3n) is 3.51. The third-order valence-corrected chi connectivity index (χ3v) is 3.51. The normalized spacial score (nSPS) is 16.4. The molecule has 18 heavy (non-hydrogen) atoms. The Balaban J connectivity index is 2.03. The first-order valence-corrected chi connectivity index (χ1v) is 6.78. The molecule has 1 fully saturated rings. The first-order valence-electron chi connectivity index (χ1n) is 6.78. The summed E-state index contributed by atoms with van der Waals surface area (Å²) in [6.07, 6.45) is 2.73. The lowest BCUT2D eigenvalue weighted by Crippen LogP contribution is -2.27. The summed E-state index contributed by atoms with van der Waals surface area (Å²) >= 11 is 0. The Kier molecular flexibility index (Phi) is 4.48. The van der Waals surface area contributed by atoms with Gasteiger partial charge in [-0.15, -0.1) is 0 Å². The second kappa shape index (κ2) is 6.10. The molecule has 1 aliphatic carbocycles. The van der Waals surface area contributed by atoms with Gasteiger partial charge in [0.2, 0.25) is 0 Å². The average Bonchev–Trinajstić information content (AvgIpc) is 3.20. The first-order chi connectivity index (χ1) is 8.76. The van der Waals surface area contributed by atoms with Crippen LogP contribution in [0, 0.1) is 5.92 Å². The zero-order chi connectivity index (χ0) is 13.0. The molecule has 0 aromatic heterocycles. The van der Waals surface area contributed by atoms with E-state index in [1.807, 2.05) is 19.1 Å². The minimum absolute atomic E-state index is 0.588. The van der Waals surface area contributed by atoms with E-state index < -0.39 is 0 Å². The Hall–Kier alpha value is -1.22. The fraction of sp³-hybridized carbons (Fsp3) is 0.600. The van der Waals surface area contributed by atoms with Gasteiger partial charge < -0.3 is 14.8 Å². The molecule has 1 atom stereocenters. The Morgan fingerprint density at radius 3 is 2.78 bits per heavy atom. The van der Waals surface area contributed by atoms with Crippen LogP contribution < -0.4 is 14.8 Å². The van der Waals surface area contributed by atoms with Gasteiger partial charge in [0, 0.05) is 18.2 Å². The van der Waals surface area contributed by atoms with Gasteiger partial charge in [-0.05, 0) is 38.7 Å². The topological polar surface area (TPSA) is 30.5 Å². The van der Waals surface area contributed by atoms with Crippen molar-refractivity contribution in [3.05, 3.63) is 23.8 Å². The minimum atomic E-state index is 0.588. The number of hydrogen-bond acceptors (Lipinski definition) is 3. The fourth-order valence-electron chi connectivity index (χ4n) is 2.24. The lowest BCUT2D eigenvalue weighted by Gasteiger charge is -2.16. The molecule has 3 heteroatoms. The van der Waals surface area contributed by atoms with Gasteiger partial charge >= 0.3 is 0 Å². The van der Waals surface area contributed by atoms with Gasteiger partial charge in [-0.2, -0.15) is 0 Å². The summed E-state index contributed by atoms with van der Waals surface area (Å²) < 4.78 is 11.1. The molecule has 1 unspecified atom stereocenters. The molecule has 2 rings (SSSR count). The standard InChI is InChI=1S/C15H23NO2/c1-4-18-14-7-5-6-13(15(14)17-3)10-16-11(2)12-8-9-12/h5-7,11-12,16H,4,8-10H2,1-3H3. The van der Waals surface area contributed by atoms with Crippen molar-refractivity contribution in [1.29, 1.82) is 0 Å². The molecule has 100 valence electrons. The van der Waals surface area contributed by atoms with Crippen LogP contribution in [-0.4, -0.2) is 19.8 Å². The summed E-state index contributed by atoms with van der Waals surface area (Å²) in [5, 5.41) is 3.57. The molecule has 1 N–H and O–H groups in total. The van der Waals surface area contributed by atoms with E-state index in [4.69, 9.17) is 9.47 Å². The van der Waals surface area contributed by atoms with Crippen molar-refractivity contribution < 1.29 is 9.47 Å². The Morgan fingerprint density at radius 2 is 2.17 bits per heavy atom. The lowest BCUT2D eigenvalue weighted by molar-refractivity contribution is 0.308. The molecule has 0 aliphatic heterocycles. The molecule has 0 heterocycles. The van der Waals surface area contributed by atoms with Crippen molar-refractivity contribution >= 4 is 0 Å². The molecule has 0 saturated heterocycles. The zero-order valence-corrected chi connectivity index (χ0v) is 11.5. The van der Waals surface area contributed by atoms with E-state index in [2.05, 4.69) is 18.3 Å². The van der Waals surface area contributed by atoms with Gasteiger partial charge in [-0.3, -0.25) is 0 Å². The molecule has 0 bridgehead atoms. The number of para-hydroxylation sites is 1. The van der Waals surface area contributed by atoms with Crippen LogP contribution in [0.5, 0.6) is 11.5 Å². The van der Waals surface area contributed by atoms with Gasteiger partial charge in [0.05, 0.1) is 13.7 Å². The molecular weight excluding hydrogens is 226 g/mol. The molecule has 3 nitrogen and oxygen atoms in total. The summed E-state index contributed by atoms with van der Waals surface area (Å²) in [6.45, 7) is 5.74. The van der Waals surface area contributed by atoms with Crippen molar-refractivity contribution in [2.75, 3.05) is 13.7 Å². The molecular formula is C15H23NO2. The van der Waals surface area contributed by atoms with Crippen LogP contribution in [0.4, 0.5) is 0 Å². The van der Waals surface area contributed by atoms with Crippen molar-refractivity contribution in [2.24, 2.45) is 5.92 Å². The third kappa shape index (κ3) is 3.16. The molecule has 0 spiro atoms. The quantitative estimate of drug-likeness (QED) is 0.806. The molecule has 1 aromatic rings. The maximum atomic E-state index is 5.58. The highest BCUT2D eigenvalue weighted by molar-refractivity contribution is 5.46. The van der Waals surface area contributed by atoms with E-state index in [1.165, 1.54) is 12.8 Å². The van der Waals surface area contributed by atoms with Crippen molar-refractivity contribution in [2.45, 2.75) is 39.3 Å². The zero-order valence-electron chi connectivity index (χ0n) is 11.5. The minimum Gasteiger partial charge on any atom is -0.493 e. The maximum Gasteiger partial charge on any atom is 0.165 e. The molecule has 1 aromatic carbocycles. The van der Waals surface area contributed by atoms with Crippen LogP contribution >= 0.6 is 0 Å². The van der Waals surface area contributed by atoms with Crippen LogP contribution in [0.1, 0.15) is 32.3 Å². The van der Waals surface area contributed by atoms with E-state index in [-0.39, 0.29) is 0 Å². The lowest BCUT2D eigenvalue weighted by atomic mass is 10.1. The van der Waals surface area contributed by atoms with E-state index in [0.717, 1.165) is 29.5 Å². The molecule has 0 amide bonds. The van der Waals surface area contributed by atoms with Crippen molar-refractivity contribution in [3.63, 3.8) is 0 Å². The maximum absolute atomic E-state index is 5.58. The first kappa shape index (κ1) is 13.2. The Labute approximate surface area is 109 Å². The smallest absolute Gasteiger partial charge is 0.165 e. The number of rotatable bonds is 7. The highest BCUT2D eigenvalue weighted by atomic mass is 16.5. The number of benzene rings is 1. The van der Waals surface area contributed by atoms with Crippen LogP contribution in [0.15, 0.2) is 18.2 Å². The Morgan fingerprint density at radius 1 is 1.39 bits per heavy atom. The number of methoxy groups -OCH3 is 1. The van der Waals surface area contributed by atoms with Crippen LogP contribution in [0.25, 0.3) is 0 Å². The largest absolute Gasteiger partial charge is 0.493 e. The predicted octanol–water partition coefficient (Wildman–Crippen LogP) is 2.98. The van der Waals surface area contributed by atoms with E-state index in [1.54, 1.807) is 7.11 Å². The predicted molar refractivity (Wildman–Crippen MR) is 73.2 cm³/mol. The highest BCUT2D eigenvalue weighted by Gasteiger charge is 2.27. The van der Waals surface area contributed by atoms with Crippen molar-refractivity contribution in [3.8, 4) is 11.5 Å². The monoisotopic (exact) mass is 249 g/mol. The molecule has 1 aliphatic rings. The Bertz CT molecular complexity index is 388. The van der Waals surface area contributed by atoms with Gasteiger partial charge in [0.1, 0.15) is 0 Å². The van der Waals surface area contributed by atoms with Crippen LogP contribution in [0.2, 0.25) is 0 Å². The van der Waals surface area contributed by atoms with Crippen molar-refractivity contribution in [1.82, 2.24) is 5.32 Å². The van der Waals surface area contributed by atoms with Gasteiger partial charge in [-0.1, -0.05) is 12.1 Å². The highest BCUT2D eigenvalue weighted by Crippen LogP contribution is 2.34. The van der Waals surface area contributed by atoms with E-state index in [0.29, 0.717) is 12.6 Å². The second-order valence-electron chi connectivity index (χ2n) is 4.89. The second-order valence-corrected chi connectivity index (χ2v) is 4.89. The average molecular weight is 249 g/mol. The number of nitrogens with one attached hydrogen (secondary N) is 1. The van der Waals surface area contributed by atoms with Gasteiger partial charge in [0.25, 0.3) is 0 Å². The van der Waals surface area contributed by atoms with Gasteiger partial charge in [-0.25, -0.2) is 0 Å². The fourth-order valence-corrected chi connectivity index (χ4v) is 2.24.